The Morgan fingerprint density at radius 1 is 1.08 bits per heavy atom. The van der Waals surface area contributed by atoms with E-state index < -0.39 is 0 Å². The Labute approximate surface area is 238 Å². The molecule has 0 amide bonds. The molecule has 3 N–H and O–H groups in total. The molecular formula is C30H49N7OS. The molecule has 1 aromatic heterocycles. The Bertz CT molecular complexity index is 1040. The van der Waals surface area contributed by atoms with Crippen LogP contribution in [0.25, 0.3) is 0 Å². The van der Waals surface area contributed by atoms with Gasteiger partial charge in [0, 0.05) is 49.9 Å². The maximum absolute atomic E-state index is 6.21. The molecule has 4 bridgehead atoms. The summed E-state index contributed by atoms with van der Waals surface area (Å²) >= 11 is 1.90. The quantitative estimate of drug-likeness (QED) is 0.464. The molecule has 39 heavy (non-hydrogen) atoms. The number of ether oxygens (including phenoxy) is 1. The van der Waals surface area contributed by atoms with Crippen molar-refractivity contribution in [3.8, 4) is 5.88 Å². The Balaban J connectivity index is 0.928. The maximum Gasteiger partial charge on any atom is 0.232 e. The van der Waals surface area contributed by atoms with Crippen LogP contribution in [0.15, 0.2) is 12.3 Å². The summed E-state index contributed by atoms with van der Waals surface area (Å²) in [5.41, 5.74) is 5.49. The summed E-state index contributed by atoms with van der Waals surface area (Å²) in [7, 11) is 0. The molecule has 216 valence electrons. The van der Waals surface area contributed by atoms with Crippen LogP contribution in [0.1, 0.15) is 90.6 Å². The third-order valence-electron chi connectivity index (χ3n) is 12.0. The average molecular weight is 556 g/mol. The van der Waals surface area contributed by atoms with Gasteiger partial charge in [-0.3, -0.25) is 19.6 Å². The molecule has 4 saturated heterocycles. The predicted molar refractivity (Wildman–Crippen MR) is 155 cm³/mol. The fraction of sp³-hybridized carbons (Fsp3) is 0.900. The number of nitrogens with zero attached hydrogens (tertiary/aromatic N) is 4. The molecule has 5 heterocycles. The number of rotatable bonds is 5. The SMILES string of the molecule is CC1(C)C[C@H]2CCCN3CCC(N3)SNCC3CCC(n4ccc(OCCC5C6(CC6)C56CC6)n4)NC3N1C2. The van der Waals surface area contributed by atoms with E-state index in [2.05, 4.69) is 56.2 Å². The number of fused-ring (bicyclic) bond motifs is 7. The maximum atomic E-state index is 6.21. The van der Waals surface area contributed by atoms with Gasteiger partial charge >= 0.3 is 0 Å². The fourth-order valence-corrected chi connectivity index (χ4v) is 10.6. The first-order valence-corrected chi connectivity index (χ1v) is 16.9. The van der Waals surface area contributed by atoms with Gasteiger partial charge in [-0.05, 0) is 107 Å². The summed E-state index contributed by atoms with van der Waals surface area (Å²) < 4.78 is 12.1. The van der Waals surface area contributed by atoms with Crippen molar-refractivity contribution in [2.45, 2.75) is 108 Å². The van der Waals surface area contributed by atoms with Crippen LogP contribution >= 0.6 is 11.9 Å². The minimum absolute atomic E-state index is 0.215. The molecule has 7 aliphatic rings. The lowest BCUT2D eigenvalue weighted by atomic mass is 9.90. The number of piperidine rings is 1. The molecule has 9 heteroatoms. The molecular weight excluding hydrogens is 506 g/mol. The molecule has 3 saturated carbocycles. The normalized spacial score (nSPS) is 41.7. The molecule has 1 aromatic rings. The van der Waals surface area contributed by atoms with E-state index in [-0.39, 0.29) is 11.7 Å². The van der Waals surface area contributed by atoms with Gasteiger partial charge in [0.25, 0.3) is 0 Å². The van der Waals surface area contributed by atoms with Gasteiger partial charge in [0.05, 0.1) is 18.1 Å². The molecule has 8 rings (SSSR count). The zero-order valence-corrected chi connectivity index (χ0v) is 24.9. The molecule has 0 aromatic carbocycles. The Morgan fingerprint density at radius 3 is 2.74 bits per heavy atom. The van der Waals surface area contributed by atoms with Gasteiger partial charge in [-0.2, -0.15) is 0 Å². The van der Waals surface area contributed by atoms with Crippen molar-refractivity contribution in [2.24, 2.45) is 28.6 Å². The smallest absolute Gasteiger partial charge is 0.232 e. The van der Waals surface area contributed by atoms with Gasteiger partial charge in [0.1, 0.15) is 6.17 Å². The first kappa shape index (κ1) is 25.8. The second kappa shape index (κ2) is 9.60. The van der Waals surface area contributed by atoms with Crippen LogP contribution in [0.2, 0.25) is 0 Å². The number of nitrogens with one attached hydrogen (secondary N) is 3. The highest BCUT2D eigenvalue weighted by Crippen LogP contribution is 2.93. The number of aromatic nitrogens is 2. The molecule has 7 fully saturated rings. The van der Waals surface area contributed by atoms with Crippen LogP contribution in [0.4, 0.5) is 0 Å². The highest BCUT2D eigenvalue weighted by molar-refractivity contribution is 7.98. The first-order valence-electron chi connectivity index (χ1n) is 16.1. The zero-order chi connectivity index (χ0) is 26.2. The van der Waals surface area contributed by atoms with Crippen molar-refractivity contribution in [1.29, 1.82) is 0 Å². The van der Waals surface area contributed by atoms with Crippen LogP contribution < -0.4 is 20.2 Å². The van der Waals surface area contributed by atoms with Gasteiger partial charge in [-0.25, -0.2) is 10.4 Å². The summed E-state index contributed by atoms with van der Waals surface area (Å²) in [5, 5.41) is 12.0. The third kappa shape index (κ3) is 4.58. The molecule has 7 atom stereocenters. The van der Waals surface area contributed by atoms with E-state index >= 15 is 0 Å². The average Bonchev–Trinajstić information content (AvgIpc) is 3.84. The molecule has 8 nitrogen and oxygen atoms in total. The molecule has 3 aliphatic carbocycles. The fourth-order valence-electron chi connectivity index (χ4n) is 9.71. The van der Waals surface area contributed by atoms with Crippen molar-refractivity contribution in [3.05, 3.63) is 12.3 Å². The third-order valence-corrected chi connectivity index (χ3v) is 12.9. The van der Waals surface area contributed by atoms with Gasteiger partial charge < -0.3 is 4.74 Å². The molecule has 0 radical (unpaired) electrons. The largest absolute Gasteiger partial charge is 0.477 e. The van der Waals surface area contributed by atoms with E-state index in [1.54, 1.807) is 0 Å². The lowest BCUT2D eigenvalue weighted by Crippen LogP contribution is -2.60. The number of hydrogen-bond donors (Lipinski definition) is 3. The molecule has 6 unspecified atom stereocenters. The Morgan fingerprint density at radius 2 is 1.92 bits per heavy atom. The van der Waals surface area contributed by atoms with Gasteiger partial charge in [-0.1, -0.05) is 11.9 Å². The van der Waals surface area contributed by atoms with Crippen molar-refractivity contribution < 1.29 is 4.74 Å². The highest BCUT2D eigenvalue weighted by Gasteiger charge is 2.85. The van der Waals surface area contributed by atoms with E-state index in [9.17, 15) is 0 Å². The Kier molecular flexibility index (Phi) is 6.36. The lowest BCUT2D eigenvalue weighted by molar-refractivity contribution is 0.00916. The van der Waals surface area contributed by atoms with E-state index in [0.717, 1.165) is 48.1 Å². The standard InChI is InChI=1S/C30H49N7OS/c1-28(2)18-21-4-3-14-35-15-8-26(34-35)39-31-19-22-5-6-24(32-27(22)36(28)20-21)37-16-7-25(33-37)38-17-9-23-29(10-11-29)30(23)12-13-30/h7,16,21-24,26-27,31-32,34H,3-6,8-15,17-20H2,1-2H3/t21-,22?,24?,26?,27?/m1/s1. The van der Waals surface area contributed by atoms with Crippen molar-refractivity contribution in [3.63, 3.8) is 0 Å². The second-order valence-corrected chi connectivity index (χ2v) is 15.7. The lowest BCUT2D eigenvalue weighted by Gasteiger charge is -2.47. The van der Waals surface area contributed by atoms with Gasteiger partial charge in [0.15, 0.2) is 0 Å². The number of hydrogen-bond acceptors (Lipinski definition) is 8. The summed E-state index contributed by atoms with van der Waals surface area (Å²) in [5.74, 6) is 3.12. The van der Waals surface area contributed by atoms with E-state index in [1.165, 1.54) is 83.8 Å². The van der Waals surface area contributed by atoms with Crippen LogP contribution in [0, 0.1) is 28.6 Å². The van der Waals surface area contributed by atoms with Crippen LogP contribution in [0.3, 0.4) is 0 Å². The summed E-state index contributed by atoms with van der Waals surface area (Å²) in [6.45, 7) is 10.4. The summed E-state index contributed by atoms with van der Waals surface area (Å²) in [4.78, 5) is 2.82. The summed E-state index contributed by atoms with van der Waals surface area (Å²) in [6.07, 6.45) is 17.4. The monoisotopic (exact) mass is 555 g/mol. The van der Waals surface area contributed by atoms with E-state index in [0.29, 0.717) is 17.5 Å². The van der Waals surface area contributed by atoms with Crippen LogP contribution in [-0.4, -0.2) is 69.6 Å². The van der Waals surface area contributed by atoms with Gasteiger partial charge in [0.2, 0.25) is 5.88 Å². The predicted octanol–water partition coefficient (Wildman–Crippen LogP) is 4.34. The minimum Gasteiger partial charge on any atom is -0.477 e. The molecule has 4 aliphatic heterocycles. The van der Waals surface area contributed by atoms with Gasteiger partial charge in [-0.15, -0.1) is 5.10 Å². The molecule has 2 spiro atoms. The number of hydrazine groups is 1. The van der Waals surface area contributed by atoms with E-state index in [1.807, 2.05) is 11.9 Å². The van der Waals surface area contributed by atoms with Crippen molar-refractivity contribution in [2.75, 3.05) is 32.8 Å². The second-order valence-electron chi connectivity index (χ2n) is 14.6. The Hall–Kier alpha value is -0.840. The first-order chi connectivity index (χ1) is 19.0. The highest BCUT2D eigenvalue weighted by atomic mass is 32.2. The topological polar surface area (TPSA) is 69.6 Å². The summed E-state index contributed by atoms with van der Waals surface area (Å²) in [6, 6.07) is 2.08. The van der Waals surface area contributed by atoms with Crippen LogP contribution in [0.5, 0.6) is 5.88 Å². The van der Waals surface area contributed by atoms with E-state index in [4.69, 9.17) is 9.84 Å². The van der Waals surface area contributed by atoms with Crippen molar-refractivity contribution >= 4 is 11.9 Å². The zero-order valence-electron chi connectivity index (χ0n) is 24.0. The minimum atomic E-state index is 0.215. The van der Waals surface area contributed by atoms with Crippen molar-refractivity contribution in [1.82, 2.24) is 35.2 Å². The van der Waals surface area contributed by atoms with Crippen LogP contribution in [-0.2, 0) is 0 Å².